The molecule has 7 nitrogen and oxygen atoms in total. The lowest BCUT2D eigenvalue weighted by Gasteiger charge is -2.07. The molecule has 2 aromatic rings. The summed E-state index contributed by atoms with van der Waals surface area (Å²) in [6, 6.07) is 6.80. The van der Waals surface area contributed by atoms with Crippen LogP contribution in [0.5, 0.6) is 0 Å². The number of rotatable bonds is 3. The summed E-state index contributed by atoms with van der Waals surface area (Å²) in [5.74, 6) is -1.92. The Morgan fingerprint density at radius 3 is 2.85 bits per heavy atom. The Bertz CT molecular complexity index is 727. The largest absolute Gasteiger partial charge is 0.477 e. The molecule has 0 atom stereocenters. The Kier molecular flexibility index (Phi) is 3.48. The van der Waals surface area contributed by atoms with Crippen molar-refractivity contribution in [3.05, 3.63) is 47.0 Å². The molecule has 20 heavy (non-hydrogen) atoms. The summed E-state index contributed by atoms with van der Waals surface area (Å²) >= 11 is 0. The number of aromatic amines is 1. The van der Waals surface area contributed by atoms with Gasteiger partial charge < -0.3 is 15.4 Å². The Morgan fingerprint density at radius 2 is 2.20 bits per heavy atom. The SMILES string of the molecule is Cc1ccc(C#N)cc1NC(=O)c1nc[nH]c1C(=O)O. The number of hydrogen-bond donors (Lipinski definition) is 3. The lowest BCUT2D eigenvalue weighted by atomic mass is 10.1. The standard InChI is InChI=1S/C13H10N4O3/c1-7-2-3-8(5-14)4-9(7)17-12(18)10-11(13(19)20)16-6-15-10/h2-4,6H,1H3,(H,15,16)(H,17,18)(H,19,20). The smallest absolute Gasteiger partial charge is 0.354 e. The van der Waals surface area contributed by atoms with E-state index in [0.29, 0.717) is 11.3 Å². The minimum atomic E-state index is -1.27. The normalized spacial score (nSPS) is 9.80. The number of amides is 1. The molecule has 1 aromatic heterocycles. The molecule has 3 N–H and O–H groups in total. The third-order valence-electron chi connectivity index (χ3n) is 2.68. The average molecular weight is 270 g/mol. The van der Waals surface area contributed by atoms with Gasteiger partial charge >= 0.3 is 5.97 Å². The molecule has 0 aliphatic heterocycles. The third-order valence-corrected chi connectivity index (χ3v) is 2.68. The second-order valence-corrected chi connectivity index (χ2v) is 4.03. The van der Waals surface area contributed by atoms with Gasteiger partial charge in [0, 0.05) is 5.69 Å². The zero-order chi connectivity index (χ0) is 14.7. The molecule has 0 saturated carbocycles. The number of nitrogens with zero attached hydrogens (tertiary/aromatic N) is 2. The summed E-state index contributed by atoms with van der Waals surface area (Å²) < 4.78 is 0. The Labute approximate surface area is 113 Å². The fraction of sp³-hybridized carbons (Fsp3) is 0.0769. The van der Waals surface area contributed by atoms with E-state index in [9.17, 15) is 9.59 Å². The number of H-pyrrole nitrogens is 1. The molecule has 100 valence electrons. The van der Waals surface area contributed by atoms with Crippen molar-refractivity contribution in [2.75, 3.05) is 5.32 Å². The first-order valence-corrected chi connectivity index (χ1v) is 5.61. The highest BCUT2D eigenvalue weighted by Crippen LogP contribution is 2.17. The van der Waals surface area contributed by atoms with E-state index < -0.39 is 11.9 Å². The van der Waals surface area contributed by atoms with Gasteiger partial charge in [-0.15, -0.1) is 0 Å². The van der Waals surface area contributed by atoms with Crippen LogP contribution in [0.25, 0.3) is 0 Å². The minimum Gasteiger partial charge on any atom is -0.477 e. The first-order chi connectivity index (χ1) is 9.52. The summed E-state index contributed by atoms with van der Waals surface area (Å²) in [5.41, 5.74) is 1.10. The van der Waals surface area contributed by atoms with Crippen molar-refractivity contribution in [2.45, 2.75) is 6.92 Å². The number of carboxylic acids is 1. The summed E-state index contributed by atoms with van der Waals surface area (Å²) in [6.45, 7) is 1.76. The molecule has 7 heteroatoms. The monoisotopic (exact) mass is 270 g/mol. The van der Waals surface area contributed by atoms with E-state index in [1.54, 1.807) is 19.1 Å². The summed E-state index contributed by atoms with van der Waals surface area (Å²) in [4.78, 5) is 29.0. The van der Waals surface area contributed by atoms with Gasteiger partial charge in [-0.3, -0.25) is 4.79 Å². The number of benzene rings is 1. The molecule has 0 saturated heterocycles. The van der Waals surface area contributed by atoms with Gasteiger partial charge in [-0.2, -0.15) is 5.26 Å². The quantitative estimate of drug-likeness (QED) is 0.781. The molecular formula is C13H10N4O3. The van der Waals surface area contributed by atoms with Crippen LogP contribution >= 0.6 is 0 Å². The van der Waals surface area contributed by atoms with Crippen molar-refractivity contribution < 1.29 is 14.7 Å². The Hall–Kier alpha value is -3.14. The number of imidazole rings is 1. The molecule has 1 heterocycles. The summed E-state index contributed by atoms with van der Waals surface area (Å²) in [6.07, 6.45) is 1.14. The number of carbonyl (C=O) groups excluding carboxylic acids is 1. The minimum absolute atomic E-state index is 0.209. The second kappa shape index (κ2) is 5.24. The zero-order valence-corrected chi connectivity index (χ0v) is 10.5. The number of carbonyl (C=O) groups is 2. The molecular weight excluding hydrogens is 260 g/mol. The third kappa shape index (κ3) is 2.49. The van der Waals surface area contributed by atoms with Gasteiger partial charge in [0.1, 0.15) is 0 Å². The molecule has 0 fully saturated rings. The fourth-order valence-electron chi connectivity index (χ4n) is 1.64. The van der Waals surface area contributed by atoms with Crippen LogP contribution in [0, 0.1) is 18.3 Å². The van der Waals surface area contributed by atoms with Crippen LogP contribution in [0.15, 0.2) is 24.5 Å². The van der Waals surface area contributed by atoms with Crippen molar-refractivity contribution in [1.82, 2.24) is 9.97 Å². The van der Waals surface area contributed by atoms with E-state index in [-0.39, 0.29) is 11.4 Å². The Balaban J connectivity index is 2.31. The number of nitrogens with one attached hydrogen (secondary N) is 2. The first kappa shape index (κ1) is 13.3. The maximum absolute atomic E-state index is 12.0. The molecule has 1 amide bonds. The van der Waals surface area contributed by atoms with E-state index in [1.165, 1.54) is 6.07 Å². The van der Waals surface area contributed by atoms with Gasteiger partial charge in [0.2, 0.25) is 0 Å². The molecule has 0 spiro atoms. The van der Waals surface area contributed by atoms with E-state index in [4.69, 9.17) is 10.4 Å². The molecule has 2 rings (SSSR count). The van der Waals surface area contributed by atoms with E-state index in [0.717, 1.165) is 11.9 Å². The number of aromatic carboxylic acids is 1. The molecule has 0 unspecified atom stereocenters. The van der Waals surface area contributed by atoms with Gasteiger partial charge in [-0.1, -0.05) is 6.07 Å². The van der Waals surface area contributed by atoms with Crippen LogP contribution < -0.4 is 5.32 Å². The van der Waals surface area contributed by atoms with Crippen LogP contribution in [-0.4, -0.2) is 27.0 Å². The maximum atomic E-state index is 12.0. The highest BCUT2D eigenvalue weighted by Gasteiger charge is 2.20. The van der Waals surface area contributed by atoms with Crippen molar-refractivity contribution >= 4 is 17.6 Å². The van der Waals surface area contributed by atoms with E-state index in [2.05, 4.69) is 15.3 Å². The molecule has 1 aromatic carbocycles. The van der Waals surface area contributed by atoms with E-state index >= 15 is 0 Å². The first-order valence-electron chi connectivity index (χ1n) is 5.61. The molecule has 0 aliphatic carbocycles. The number of aromatic nitrogens is 2. The molecule has 0 bridgehead atoms. The number of hydrogen-bond acceptors (Lipinski definition) is 4. The summed E-state index contributed by atoms with van der Waals surface area (Å²) in [7, 11) is 0. The highest BCUT2D eigenvalue weighted by atomic mass is 16.4. The predicted octanol–water partition coefficient (Wildman–Crippen LogP) is 1.54. The lowest BCUT2D eigenvalue weighted by molar-refractivity contribution is 0.0686. The van der Waals surface area contributed by atoms with E-state index in [1.807, 2.05) is 6.07 Å². The van der Waals surface area contributed by atoms with Crippen LogP contribution in [0.4, 0.5) is 5.69 Å². The fourth-order valence-corrected chi connectivity index (χ4v) is 1.64. The van der Waals surface area contributed by atoms with Gasteiger partial charge in [0.15, 0.2) is 11.4 Å². The number of carboxylic acid groups (broad SMARTS) is 1. The van der Waals surface area contributed by atoms with Crippen LogP contribution in [-0.2, 0) is 0 Å². The number of nitriles is 1. The van der Waals surface area contributed by atoms with Crippen LogP contribution in [0.1, 0.15) is 32.1 Å². The number of anilines is 1. The topological polar surface area (TPSA) is 119 Å². The van der Waals surface area contributed by atoms with Crippen LogP contribution in [0.2, 0.25) is 0 Å². The predicted molar refractivity (Wildman–Crippen MR) is 69.4 cm³/mol. The van der Waals surface area contributed by atoms with Gasteiger partial charge in [0.05, 0.1) is 18.0 Å². The van der Waals surface area contributed by atoms with Crippen molar-refractivity contribution in [3.8, 4) is 6.07 Å². The summed E-state index contributed by atoms with van der Waals surface area (Å²) in [5, 5.41) is 20.3. The molecule has 0 aliphatic rings. The van der Waals surface area contributed by atoms with Gasteiger partial charge in [0.25, 0.3) is 5.91 Å². The number of aryl methyl sites for hydroxylation is 1. The zero-order valence-electron chi connectivity index (χ0n) is 10.5. The van der Waals surface area contributed by atoms with Crippen molar-refractivity contribution in [3.63, 3.8) is 0 Å². The maximum Gasteiger partial charge on any atom is 0.354 e. The van der Waals surface area contributed by atoms with Crippen molar-refractivity contribution in [2.24, 2.45) is 0 Å². The van der Waals surface area contributed by atoms with Gasteiger partial charge in [-0.25, -0.2) is 9.78 Å². The highest BCUT2D eigenvalue weighted by molar-refractivity contribution is 6.08. The average Bonchev–Trinajstić information content (AvgIpc) is 2.90. The van der Waals surface area contributed by atoms with Crippen molar-refractivity contribution in [1.29, 1.82) is 5.26 Å². The van der Waals surface area contributed by atoms with Gasteiger partial charge in [-0.05, 0) is 24.6 Å². The Morgan fingerprint density at radius 1 is 1.45 bits per heavy atom. The lowest BCUT2D eigenvalue weighted by Crippen LogP contribution is -2.17. The van der Waals surface area contributed by atoms with Crippen LogP contribution in [0.3, 0.4) is 0 Å². The second-order valence-electron chi connectivity index (χ2n) is 4.03. The molecule has 0 radical (unpaired) electrons.